The van der Waals surface area contributed by atoms with Gasteiger partial charge in [-0.1, -0.05) is 11.6 Å². The van der Waals surface area contributed by atoms with E-state index in [0.29, 0.717) is 35.1 Å². The van der Waals surface area contributed by atoms with E-state index in [4.69, 9.17) is 21.1 Å². The highest BCUT2D eigenvalue weighted by Gasteiger charge is 2.46. The molecule has 3 heterocycles. The lowest BCUT2D eigenvalue weighted by molar-refractivity contribution is -0.127. The van der Waals surface area contributed by atoms with Crippen LogP contribution in [0.1, 0.15) is 19.3 Å². The molecular weight excluding hydrogens is 473 g/mol. The Bertz CT molecular complexity index is 1260. The monoisotopic (exact) mass is 499 g/mol. The molecule has 1 amide bonds. The molecule has 2 N–H and O–H groups in total. The molecule has 10 heteroatoms. The van der Waals surface area contributed by atoms with Crippen molar-refractivity contribution in [3.63, 3.8) is 0 Å². The Morgan fingerprint density at radius 3 is 2.89 bits per heavy atom. The summed E-state index contributed by atoms with van der Waals surface area (Å²) in [6, 6.07) is 8.04. The van der Waals surface area contributed by atoms with Crippen LogP contribution in [0.25, 0.3) is 10.9 Å². The smallest absolute Gasteiger partial charge is 0.227 e. The Hall–Kier alpha value is -3.17. The molecule has 1 spiro atoms. The molecule has 1 atom stereocenters. The highest BCUT2D eigenvalue weighted by molar-refractivity contribution is 6.31. The molecule has 8 nitrogen and oxygen atoms in total. The predicted octanol–water partition coefficient (Wildman–Crippen LogP) is 4.16. The Labute approximate surface area is 207 Å². The number of carbonyl (C=O) groups is 1. The zero-order valence-electron chi connectivity index (χ0n) is 19.4. The van der Waals surface area contributed by atoms with Gasteiger partial charge in [0.2, 0.25) is 5.91 Å². The molecule has 2 aliphatic rings. The molecule has 2 aliphatic heterocycles. The van der Waals surface area contributed by atoms with Crippen LogP contribution in [0, 0.1) is 11.2 Å². The topological polar surface area (TPSA) is 88.6 Å². The molecular formula is C25H27ClFN5O3. The van der Waals surface area contributed by atoms with Gasteiger partial charge < -0.3 is 25.0 Å². The molecule has 184 valence electrons. The van der Waals surface area contributed by atoms with E-state index in [-0.39, 0.29) is 16.3 Å². The van der Waals surface area contributed by atoms with Crippen molar-refractivity contribution < 1.29 is 18.7 Å². The first-order valence-electron chi connectivity index (χ1n) is 11.7. The summed E-state index contributed by atoms with van der Waals surface area (Å²) in [5.41, 5.74) is 1.09. The SMILES string of the molecule is COc1cc2ncnc(Nc3ccc(F)c(Cl)c3)c2cc1OCCCN1CCC2(CCNC2=O)C1. The number of likely N-dealkylation sites (tertiary alicyclic amines) is 1. The van der Waals surface area contributed by atoms with Crippen molar-refractivity contribution in [2.75, 3.05) is 45.2 Å². The van der Waals surface area contributed by atoms with E-state index in [0.717, 1.165) is 50.8 Å². The minimum absolute atomic E-state index is 0.0246. The van der Waals surface area contributed by atoms with Gasteiger partial charge in [0, 0.05) is 36.8 Å². The van der Waals surface area contributed by atoms with E-state index in [2.05, 4.69) is 25.5 Å². The van der Waals surface area contributed by atoms with Crippen molar-refractivity contribution in [1.29, 1.82) is 0 Å². The number of rotatable bonds is 8. The summed E-state index contributed by atoms with van der Waals surface area (Å²) in [5.74, 6) is 1.42. The van der Waals surface area contributed by atoms with E-state index >= 15 is 0 Å². The molecule has 2 fully saturated rings. The molecule has 2 saturated heterocycles. The van der Waals surface area contributed by atoms with Gasteiger partial charge in [0.25, 0.3) is 0 Å². The highest BCUT2D eigenvalue weighted by Crippen LogP contribution is 2.37. The molecule has 0 radical (unpaired) electrons. The van der Waals surface area contributed by atoms with E-state index in [1.165, 1.54) is 18.5 Å². The molecule has 1 aromatic heterocycles. The van der Waals surface area contributed by atoms with Crippen LogP contribution in [-0.4, -0.2) is 60.7 Å². The summed E-state index contributed by atoms with van der Waals surface area (Å²) >= 11 is 5.92. The van der Waals surface area contributed by atoms with Gasteiger partial charge in [-0.2, -0.15) is 0 Å². The fraction of sp³-hybridized carbons (Fsp3) is 0.400. The lowest BCUT2D eigenvalue weighted by Gasteiger charge is -2.21. The van der Waals surface area contributed by atoms with Gasteiger partial charge in [0.15, 0.2) is 11.5 Å². The first kappa shape index (κ1) is 23.6. The quantitative estimate of drug-likeness (QED) is 0.450. The Kier molecular flexibility index (Phi) is 6.62. The zero-order chi connectivity index (χ0) is 24.4. The molecule has 2 aromatic carbocycles. The molecule has 3 aromatic rings. The molecule has 5 rings (SSSR count). The van der Waals surface area contributed by atoms with Crippen molar-refractivity contribution in [1.82, 2.24) is 20.2 Å². The van der Waals surface area contributed by atoms with E-state index in [1.54, 1.807) is 19.2 Å². The number of hydrogen-bond acceptors (Lipinski definition) is 7. The molecule has 0 aliphatic carbocycles. The Morgan fingerprint density at radius 2 is 2.11 bits per heavy atom. The maximum Gasteiger partial charge on any atom is 0.227 e. The number of halogens is 2. The van der Waals surface area contributed by atoms with Gasteiger partial charge in [-0.3, -0.25) is 4.79 Å². The van der Waals surface area contributed by atoms with Crippen molar-refractivity contribution >= 4 is 39.9 Å². The summed E-state index contributed by atoms with van der Waals surface area (Å²) in [5, 5.41) is 6.90. The Morgan fingerprint density at radius 1 is 1.23 bits per heavy atom. The number of carbonyl (C=O) groups excluding carboxylic acids is 1. The number of nitrogens with zero attached hydrogens (tertiary/aromatic N) is 3. The van der Waals surface area contributed by atoms with E-state index < -0.39 is 5.82 Å². The minimum atomic E-state index is -0.485. The van der Waals surface area contributed by atoms with Gasteiger partial charge in [-0.05, 0) is 50.1 Å². The maximum atomic E-state index is 13.5. The zero-order valence-corrected chi connectivity index (χ0v) is 20.2. The van der Waals surface area contributed by atoms with Gasteiger partial charge in [0.1, 0.15) is 18.0 Å². The maximum absolute atomic E-state index is 13.5. The van der Waals surface area contributed by atoms with Crippen LogP contribution in [0.15, 0.2) is 36.7 Å². The van der Waals surface area contributed by atoms with Crippen LogP contribution in [0.3, 0.4) is 0 Å². The molecule has 35 heavy (non-hydrogen) atoms. The van der Waals surface area contributed by atoms with Crippen molar-refractivity contribution in [3.8, 4) is 11.5 Å². The summed E-state index contributed by atoms with van der Waals surface area (Å²) in [6.45, 7) is 3.91. The highest BCUT2D eigenvalue weighted by atomic mass is 35.5. The second-order valence-corrected chi connectivity index (χ2v) is 9.42. The summed E-state index contributed by atoms with van der Waals surface area (Å²) in [6.07, 6.45) is 4.12. The fourth-order valence-electron chi connectivity index (χ4n) is 4.87. The van der Waals surface area contributed by atoms with Gasteiger partial charge in [-0.25, -0.2) is 14.4 Å². The summed E-state index contributed by atoms with van der Waals surface area (Å²) in [4.78, 5) is 23.2. The number of benzene rings is 2. The number of hydrogen-bond donors (Lipinski definition) is 2. The number of methoxy groups -OCH3 is 1. The fourth-order valence-corrected chi connectivity index (χ4v) is 5.05. The first-order chi connectivity index (χ1) is 17.0. The van der Waals surface area contributed by atoms with Crippen LogP contribution in [0.4, 0.5) is 15.9 Å². The molecule has 0 bridgehead atoms. The van der Waals surface area contributed by atoms with Gasteiger partial charge >= 0.3 is 0 Å². The van der Waals surface area contributed by atoms with E-state index in [9.17, 15) is 9.18 Å². The van der Waals surface area contributed by atoms with Crippen LogP contribution >= 0.6 is 11.6 Å². The number of aromatic nitrogens is 2. The van der Waals surface area contributed by atoms with Crippen molar-refractivity contribution in [2.24, 2.45) is 5.41 Å². The number of ether oxygens (including phenoxy) is 2. The third kappa shape index (κ3) is 4.83. The Balaban J connectivity index is 1.26. The van der Waals surface area contributed by atoms with Crippen LogP contribution in [-0.2, 0) is 4.79 Å². The standard InChI is InChI=1S/C25H27ClFN5O3/c1-34-21-13-20-17(23(30-15-29-20)31-16-3-4-19(27)18(26)11-16)12-22(21)35-10-2-8-32-9-6-25(14-32)5-7-28-24(25)33/h3-4,11-13,15H,2,5-10,14H2,1H3,(H,28,33)(H,29,30,31). The number of nitrogens with one attached hydrogen (secondary N) is 2. The normalized spacial score (nSPS) is 19.9. The summed E-state index contributed by atoms with van der Waals surface area (Å²) in [7, 11) is 1.59. The van der Waals surface area contributed by atoms with E-state index in [1.807, 2.05) is 6.07 Å². The second kappa shape index (κ2) is 9.83. The lowest BCUT2D eigenvalue weighted by Crippen LogP contribution is -2.34. The third-order valence-corrected chi connectivity index (χ3v) is 7.07. The van der Waals surface area contributed by atoms with Crippen molar-refractivity contribution in [3.05, 3.63) is 47.5 Å². The van der Waals surface area contributed by atoms with Crippen LogP contribution in [0.2, 0.25) is 5.02 Å². The van der Waals surface area contributed by atoms with Gasteiger partial charge in [0.05, 0.1) is 29.7 Å². The van der Waals surface area contributed by atoms with Gasteiger partial charge in [-0.15, -0.1) is 0 Å². The van der Waals surface area contributed by atoms with Crippen LogP contribution in [0.5, 0.6) is 11.5 Å². The predicted molar refractivity (Wildman–Crippen MR) is 132 cm³/mol. The third-order valence-electron chi connectivity index (χ3n) is 6.78. The second-order valence-electron chi connectivity index (χ2n) is 9.01. The number of anilines is 2. The molecule has 1 unspecified atom stereocenters. The average Bonchev–Trinajstić information content (AvgIpc) is 3.44. The lowest BCUT2D eigenvalue weighted by atomic mass is 9.86. The minimum Gasteiger partial charge on any atom is -0.493 e. The van der Waals surface area contributed by atoms with Crippen LogP contribution < -0.4 is 20.1 Å². The average molecular weight is 500 g/mol. The number of amides is 1. The summed E-state index contributed by atoms with van der Waals surface area (Å²) < 4.78 is 25.1. The van der Waals surface area contributed by atoms with Crippen molar-refractivity contribution in [2.45, 2.75) is 19.3 Å². The number of fused-ring (bicyclic) bond motifs is 1. The molecule has 0 saturated carbocycles. The largest absolute Gasteiger partial charge is 0.493 e. The first-order valence-corrected chi connectivity index (χ1v) is 12.0.